The Balaban J connectivity index is 2.58. The highest BCUT2D eigenvalue weighted by atomic mass is 16.6. The molecule has 19 heavy (non-hydrogen) atoms. The van der Waals surface area contributed by atoms with Crippen LogP contribution in [0.4, 0.5) is 9.59 Å². The van der Waals surface area contributed by atoms with Crippen LogP contribution in [0.2, 0.25) is 0 Å². The van der Waals surface area contributed by atoms with Gasteiger partial charge in [-0.05, 0) is 33.1 Å². The number of piperidine rings is 1. The van der Waals surface area contributed by atoms with E-state index in [1.807, 2.05) is 27.7 Å². The lowest BCUT2D eigenvalue weighted by Gasteiger charge is -2.37. The van der Waals surface area contributed by atoms with Crippen LogP contribution in [0.1, 0.15) is 34.1 Å². The average Bonchev–Trinajstić information content (AvgIpc) is 2.29. The van der Waals surface area contributed by atoms with E-state index in [0.29, 0.717) is 19.0 Å². The van der Waals surface area contributed by atoms with E-state index >= 15 is 0 Å². The van der Waals surface area contributed by atoms with Crippen LogP contribution in [-0.4, -0.2) is 48.9 Å². The molecule has 1 N–H and O–H groups in total. The Bertz CT molecular complexity index is 338. The molecule has 0 bridgehead atoms. The predicted molar refractivity (Wildman–Crippen MR) is 70.9 cm³/mol. The molecule has 0 aromatic heterocycles. The topological polar surface area (TPSA) is 67.9 Å². The summed E-state index contributed by atoms with van der Waals surface area (Å²) in [6.07, 6.45) is 0.0208. The number of rotatable bonds is 1. The van der Waals surface area contributed by atoms with E-state index in [1.54, 1.807) is 4.90 Å². The number of methoxy groups -OCH3 is 1. The maximum Gasteiger partial charge on any atom is 0.410 e. The second-order valence-electron chi connectivity index (χ2n) is 5.93. The lowest BCUT2D eigenvalue weighted by Crippen LogP contribution is -2.54. The Hall–Kier alpha value is -1.46. The molecule has 0 aliphatic carbocycles. The summed E-state index contributed by atoms with van der Waals surface area (Å²) in [6.45, 7) is 8.65. The van der Waals surface area contributed by atoms with Crippen molar-refractivity contribution in [1.29, 1.82) is 0 Å². The monoisotopic (exact) mass is 272 g/mol. The molecule has 2 amide bonds. The van der Waals surface area contributed by atoms with Gasteiger partial charge in [0, 0.05) is 13.1 Å². The second kappa shape index (κ2) is 6.12. The first-order valence-electron chi connectivity index (χ1n) is 6.55. The molecule has 1 aliphatic heterocycles. The fourth-order valence-electron chi connectivity index (χ4n) is 1.96. The molecule has 0 aromatic rings. The summed E-state index contributed by atoms with van der Waals surface area (Å²) < 4.78 is 9.93. The van der Waals surface area contributed by atoms with E-state index in [1.165, 1.54) is 7.11 Å². The summed E-state index contributed by atoms with van der Waals surface area (Å²) in [7, 11) is 1.33. The van der Waals surface area contributed by atoms with Crippen molar-refractivity contribution in [2.75, 3.05) is 20.2 Å². The quantitative estimate of drug-likeness (QED) is 0.792. The molecule has 2 unspecified atom stereocenters. The van der Waals surface area contributed by atoms with Crippen LogP contribution < -0.4 is 5.32 Å². The molecule has 110 valence electrons. The zero-order chi connectivity index (χ0) is 14.6. The first kappa shape index (κ1) is 15.6. The first-order chi connectivity index (χ1) is 8.73. The van der Waals surface area contributed by atoms with Gasteiger partial charge in [-0.3, -0.25) is 0 Å². The number of amides is 2. The van der Waals surface area contributed by atoms with Crippen molar-refractivity contribution in [3.63, 3.8) is 0 Å². The summed E-state index contributed by atoms with van der Waals surface area (Å²) >= 11 is 0. The van der Waals surface area contributed by atoms with E-state index in [9.17, 15) is 9.59 Å². The van der Waals surface area contributed by atoms with Crippen molar-refractivity contribution in [3.8, 4) is 0 Å². The summed E-state index contributed by atoms with van der Waals surface area (Å²) in [5.74, 6) is 0.304. The lowest BCUT2D eigenvalue weighted by atomic mass is 9.94. The van der Waals surface area contributed by atoms with Crippen molar-refractivity contribution < 1.29 is 19.1 Å². The van der Waals surface area contributed by atoms with E-state index in [0.717, 1.165) is 6.42 Å². The largest absolute Gasteiger partial charge is 0.453 e. The zero-order valence-electron chi connectivity index (χ0n) is 12.4. The van der Waals surface area contributed by atoms with Crippen molar-refractivity contribution in [1.82, 2.24) is 10.2 Å². The predicted octanol–water partition coefficient (Wildman–Crippen LogP) is 1.99. The number of ether oxygens (including phenoxy) is 2. The number of nitrogens with one attached hydrogen (secondary N) is 1. The Labute approximate surface area is 114 Å². The van der Waals surface area contributed by atoms with Crippen LogP contribution in [-0.2, 0) is 9.47 Å². The fraction of sp³-hybridized carbons (Fsp3) is 0.846. The van der Waals surface area contributed by atoms with Crippen LogP contribution in [0.15, 0.2) is 0 Å². The highest BCUT2D eigenvalue weighted by Crippen LogP contribution is 2.19. The molecule has 2 atom stereocenters. The molecule has 0 radical (unpaired) electrons. The van der Waals surface area contributed by atoms with Crippen LogP contribution >= 0.6 is 0 Å². The summed E-state index contributed by atoms with van der Waals surface area (Å²) in [5.41, 5.74) is -0.509. The number of likely N-dealkylation sites (tertiary alicyclic amines) is 1. The van der Waals surface area contributed by atoms with Crippen LogP contribution in [0.25, 0.3) is 0 Å². The molecule has 1 aliphatic rings. The fourth-order valence-corrected chi connectivity index (χ4v) is 1.96. The summed E-state index contributed by atoms with van der Waals surface area (Å²) in [5, 5.41) is 2.76. The van der Waals surface area contributed by atoms with Crippen molar-refractivity contribution in [3.05, 3.63) is 0 Å². The molecular weight excluding hydrogens is 248 g/mol. The van der Waals surface area contributed by atoms with Gasteiger partial charge in [0.05, 0.1) is 13.2 Å². The third-order valence-electron chi connectivity index (χ3n) is 3.10. The van der Waals surface area contributed by atoms with Gasteiger partial charge in [0.1, 0.15) is 5.60 Å². The van der Waals surface area contributed by atoms with Crippen LogP contribution in [0, 0.1) is 5.92 Å². The number of hydrogen-bond donors (Lipinski definition) is 1. The first-order valence-corrected chi connectivity index (χ1v) is 6.55. The number of hydrogen-bond acceptors (Lipinski definition) is 4. The number of carbonyl (C=O) groups is 2. The maximum atomic E-state index is 12.0. The molecular formula is C13H24N2O4. The van der Waals surface area contributed by atoms with Gasteiger partial charge in [-0.15, -0.1) is 0 Å². The second-order valence-corrected chi connectivity index (χ2v) is 5.93. The van der Waals surface area contributed by atoms with E-state index in [4.69, 9.17) is 4.74 Å². The van der Waals surface area contributed by atoms with Crippen LogP contribution in [0.3, 0.4) is 0 Å². The van der Waals surface area contributed by atoms with Gasteiger partial charge in [-0.1, -0.05) is 6.92 Å². The Morgan fingerprint density at radius 2 is 1.95 bits per heavy atom. The molecule has 0 spiro atoms. The van der Waals surface area contributed by atoms with Crippen LogP contribution in [0.5, 0.6) is 0 Å². The highest BCUT2D eigenvalue weighted by molar-refractivity contribution is 5.69. The molecule has 6 heteroatoms. The Kier molecular flexibility index (Phi) is 5.03. The van der Waals surface area contributed by atoms with Gasteiger partial charge in [0.2, 0.25) is 0 Å². The summed E-state index contributed by atoms with van der Waals surface area (Å²) in [6, 6.07) is -0.103. The minimum Gasteiger partial charge on any atom is -0.453 e. The maximum absolute atomic E-state index is 12.0. The third-order valence-corrected chi connectivity index (χ3v) is 3.10. The number of nitrogens with zero attached hydrogens (tertiary/aromatic N) is 1. The van der Waals surface area contributed by atoms with Gasteiger partial charge in [-0.25, -0.2) is 9.59 Å². The van der Waals surface area contributed by atoms with Crippen molar-refractivity contribution in [2.45, 2.75) is 45.8 Å². The van der Waals surface area contributed by atoms with Crippen molar-refractivity contribution >= 4 is 12.2 Å². The standard InChI is InChI=1S/C13H24N2O4/c1-9-6-7-15(12(17)19-13(2,3)4)8-10(9)14-11(16)18-5/h9-10H,6-8H2,1-5H3,(H,14,16). The Morgan fingerprint density at radius 1 is 1.32 bits per heavy atom. The lowest BCUT2D eigenvalue weighted by molar-refractivity contribution is 0.0147. The minimum atomic E-state index is -0.509. The number of carbonyl (C=O) groups excluding carboxylic acids is 2. The smallest absolute Gasteiger partial charge is 0.410 e. The van der Waals surface area contributed by atoms with Gasteiger partial charge < -0.3 is 19.7 Å². The molecule has 6 nitrogen and oxygen atoms in total. The molecule has 0 saturated carbocycles. The van der Waals surface area contributed by atoms with Crippen molar-refractivity contribution in [2.24, 2.45) is 5.92 Å². The SMILES string of the molecule is COC(=O)NC1CN(C(=O)OC(C)(C)C)CCC1C. The zero-order valence-corrected chi connectivity index (χ0v) is 12.4. The van der Waals surface area contributed by atoms with E-state index < -0.39 is 11.7 Å². The minimum absolute atomic E-state index is 0.103. The van der Waals surface area contributed by atoms with Gasteiger partial charge in [0.15, 0.2) is 0 Å². The molecule has 1 rings (SSSR count). The normalized spacial score (nSPS) is 23.7. The third kappa shape index (κ3) is 4.96. The molecule has 1 fully saturated rings. The van der Waals surface area contributed by atoms with Gasteiger partial charge in [-0.2, -0.15) is 0 Å². The summed E-state index contributed by atoms with van der Waals surface area (Å²) in [4.78, 5) is 24.9. The van der Waals surface area contributed by atoms with E-state index in [2.05, 4.69) is 10.1 Å². The average molecular weight is 272 g/mol. The van der Waals surface area contributed by atoms with Gasteiger partial charge in [0.25, 0.3) is 0 Å². The Morgan fingerprint density at radius 3 is 2.47 bits per heavy atom. The molecule has 0 aromatic carbocycles. The van der Waals surface area contributed by atoms with E-state index in [-0.39, 0.29) is 12.1 Å². The highest BCUT2D eigenvalue weighted by Gasteiger charge is 2.32. The van der Waals surface area contributed by atoms with Gasteiger partial charge >= 0.3 is 12.2 Å². The number of alkyl carbamates (subject to hydrolysis) is 1. The molecule has 1 heterocycles. The molecule has 1 saturated heterocycles.